The van der Waals surface area contributed by atoms with Crippen molar-refractivity contribution in [1.29, 1.82) is 5.26 Å². The zero-order valence-corrected chi connectivity index (χ0v) is 10.3. The number of halogens is 3. The van der Waals surface area contributed by atoms with Gasteiger partial charge in [0.2, 0.25) is 0 Å². The molecule has 0 aromatic heterocycles. The van der Waals surface area contributed by atoms with E-state index in [1.807, 2.05) is 0 Å². The Morgan fingerprint density at radius 3 is 2.53 bits per heavy atom. The summed E-state index contributed by atoms with van der Waals surface area (Å²) in [5.74, 6) is -0.900. The molecule has 0 bridgehead atoms. The van der Waals surface area contributed by atoms with Crippen LogP contribution < -0.4 is 0 Å². The number of hydrogen-bond donors (Lipinski definition) is 0. The summed E-state index contributed by atoms with van der Waals surface area (Å²) in [5.41, 5.74) is -5.76. The maximum Gasteiger partial charge on any atom is 0.446 e. The highest BCUT2D eigenvalue weighted by Gasteiger charge is 2.32. The van der Waals surface area contributed by atoms with Crippen LogP contribution >= 0.6 is 11.8 Å². The number of thioether (sulfide) groups is 1. The summed E-state index contributed by atoms with van der Waals surface area (Å²) in [7, 11) is 1.06. The van der Waals surface area contributed by atoms with Crippen molar-refractivity contribution in [1.82, 2.24) is 0 Å². The summed E-state index contributed by atoms with van der Waals surface area (Å²) in [6.07, 6.45) is 0.110. The summed E-state index contributed by atoms with van der Waals surface area (Å²) in [5, 5.41) is 8.89. The third-order valence-corrected chi connectivity index (χ3v) is 2.87. The number of carbonyl (C=O) groups excluding carboxylic acids is 2. The molecule has 0 aliphatic heterocycles. The maximum atomic E-state index is 12.3. The smallest absolute Gasteiger partial charge is 0.446 e. The Morgan fingerprint density at radius 2 is 2.11 bits per heavy atom. The number of esters is 1. The standard InChI is InChI=1S/C11H6F3NO3S/c1-18-10(17)6-2-3-9(19-11(12,13)14)8(5-16)7(6)4-15/h2-3,5H,1H3. The minimum Gasteiger partial charge on any atom is -0.465 e. The van der Waals surface area contributed by atoms with E-state index in [1.165, 1.54) is 0 Å². The third-order valence-electron chi connectivity index (χ3n) is 2.07. The van der Waals surface area contributed by atoms with Gasteiger partial charge in [-0.1, -0.05) is 0 Å². The summed E-state index contributed by atoms with van der Waals surface area (Å²) >= 11 is -0.525. The van der Waals surface area contributed by atoms with Crippen molar-refractivity contribution in [2.75, 3.05) is 7.11 Å². The molecule has 0 radical (unpaired) electrons. The van der Waals surface area contributed by atoms with Crippen LogP contribution in [-0.4, -0.2) is 24.9 Å². The van der Waals surface area contributed by atoms with Gasteiger partial charge >= 0.3 is 11.5 Å². The van der Waals surface area contributed by atoms with Crippen molar-refractivity contribution < 1.29 is 27.5 Å². The molecule has 0 aliphatic carbocycles. The van der Waals surface area contributed by atoms with E-state index in [1.54, 1.807) is 6.07 Å². The van der Waals surface area contributed by atoms with Crippen LogP contribution in [0.2, 0.25) is 0 Å². The van der Waals surface area contributed by atoms with Gasteiger partial charge in [0.05, 0.1) is 18.2 Å². The summed E-state index contributed by atoms with van der Waals surface area (Å²) in [6, 6.07) is 3.52. The SMILES string of the molecule is COC(=O)c1ccc(SC(F)(F)F)c(C=O)c1C#N. The van der Waals surface area contributed by atoms with E-state index in [0.717, 1.165) is 19.2 Å². The molecule has 0 fully saturated rings. The van der Waals surface area contributed by atoms with Crippen molar-refractivity contribution in [3.05, 3.63) is 28.8 Å². The molecule has 0 unspecified atom stereocenters. The Bertz CT molecular complexity index is 564. The highest BCUT2D eigenvalue weighted by Crippen LogP contribution is 2.39. The fourth-order valence-electron chi connectivity index (χ4n) is 1.33. The second-order valence-electron chi connectivity index (χ2n) is 3.17. The number of ether oxygens (including phenoxy) is 1. The van der Waals surface area contributed by atoms with Gasteiger partial charge in [0.25, 0.3) is 0 Å². The lowest BCUT2D eigenvalue weighted by Gasteiger charge is -2.10. The quantitative estimate of drug-likeness (QED) is 0.486. The van der Waals surface area contributed by atoms with Crippen LogP contribution in [0.25, 0.3) is 0 Å². The lowest BCUT2D eigenvalue weighted by atomic mass is 10.0. The highest BCUT2D eigenvalue weighted by molar-refractivity contribution is 8.00. The normalized spacial score (nSPS) is 10.7. The molecule has 100 valence electrons. The molecule has 1 aromatic carbocycles. The number of hydrogen-bond acceptors (Lipinski definition) is 5. The molecule has 1 rings (SSSR count). The van der Waals surface area contributed by atoms with E-state index in [4.69, 9.17) is 5.26 Å². The molecule has 0 amide bonds. The fraction of sp³-hybridized carbons (Fsp3) is 0.182. The van der Waals surface area contributed by atoms with Gasteiger partial charge in [0.15, 0.2) is 6.29 Å². The largest absolute Gasteiger partial charge is 0.465 e. The lowest BCUT2D eigenvalue weighted by Crippen LogP contribution is -2.08. The first-order chi connectivity index (χ1) is 8.84. The second-order valence-corrected chi connectivity index (χ2v) is 4.28. The Morgan fingerprint density at radius 1 is 1.47 bits per heavy atom. The van der Waals surface area contributed by atoms with Crippen molar-refractivity contribution in [3.63, 3.8) is 0 Å². The molecule has 0 atom stereocenters. The Balaban J connectivity index is 3.44. The molecule has 0 N–H and O–H groups in total. The van der Waals surface area contributed by atoms with E-state index in [2.05, 4.69) is 4.74 Å². The molecule has 0 heterocycles. The average Bonchev–Trinajstić information content (AvgIpc) is 2.35. The number of benzene rings is 1. The van der Waals surface area contributed by atoms with Crippen molar-refractivity contribution in [3.8, 4) is 6.07 Å². The van der Waals surface area contributed by atoms with Crippen LogP contribution in [0.5, 0.6) is 0 Å². The number of nitrogens with zero attached hydrogens (tertiary/aromatic N) is 1. The first-order valence-electron chi connectivity index (χ1n) is 4.70. The van der Waals surface area contributed by atoms with Crippen LogP contribution in [0.15, 0.2) is 17.0 Å². The van der Waals surface area contributed by atoms with Crippen LogP contribution in [0.3, 0.4) is 0 Å². The number of carbonyl (C=O) groups is 2. The van der Waals surface area contributed by atoms with Gasteiger partial charge in [-0.25, -0.2) is 4.79 Å². The zero-order valence-electron chi connectivity index (χ0n) is 9.45. The topological polar surface area (TPSA) is 67.2 Å². The number of nitriles is 1. The Labute approximate surface area is 110 Å². The van der Waals surface area contributed by atoms with Gasteiger partial charge in [-0.2, -0.15) is 18.4 Å². The number of methoxy groups -OCH3 is 1. The highest BCUT2D eigenvalue weighted by atomic mass is 32.2. The van der Waals surface area contributed by atoms with E-state index in [9.17, 15) is 22.8 Å². The minimum absolute atomic E-state index is 0.110. The van der Waals surface area contributed by atoms with Crippen molar-refractivity contribution in [2.24, 2.45) is 0 Å². The number of aldehydes is 1. The van der Waals surface area contributed by atoms with E-state index < -0.39 is 39.3 Å². The summed E-state index contributed by atoms with van der Waals surface area (Å²) in [4.78, 5) is 21.8. The maximum absolute atomic E-state index is 12.3. The van der Waals surface area contributed by atoms with Gasteiger partial charge in [-0.05, 0) is 23.9 Å². The molecule has 8 heteroatoms. The van der Waals surface area contributed by atoms with Gasteiger partial charge in [0, 0.05) is 10.5 Å². The molecule has 4 nitrogen and oxygen atoms in total. The summed E-state index contributed by atoms with van der Waals surface area (Å²) < 4.78 is 41.3. The molecule has 0 spiro atoms. The van der Waals surface area contributed by atoms with E-state index in [-0.39, 0.29) is 11.8 Å². The average molecular weight is 289 g/mol. The van der Waals surface area contributed by atoms with Crippen molar-refractivity contribution >= 4 is 24.0 Å². The first-order valence-corrected chi connectivity index (χ1v) is 5.52. The van der Waals surface area contributed by atoms with Crippen molar-refractivity contribution in [2.45, 2.75) is 10.4 Å². The monoisotopic (exact) mass is 289 g/mol. The fourth-order valence-corrected chi connectivity index (χ4v) is 1.98. The minimum atomic E-state index is -4.60. The van der Waals surface area contributed by atoms with Crippen LogP contribution in [0.1, 0.15) is 26.3 Å². The van der Waals surface area contributed by atoms with Gasteiger partial charge in [-0.15, -0.1) is 0 Å². The molecule has 19 heavy (non-hydrogen) atoms. The predicted molar refractivity (Wildman–Crippen MR) is 59.8 cm³/mol. The van der Waals surface area contributed by atoms with Crippen LogP contribution in [-0.2, 0) is 4.74 Å². The van der Waals surface area contributed by atoms with Crippen LogP contribution in [0.4, 0.5) is 13.2 Å². The molecule has 0 aliphatic rings. The first kappa shape index (κ1) is 15.0. The second kappa shape index (κ2) is 5.75. The summed E-state index contributed by atoms with van der Waals surface area (Å²) in [6.45, 7) is 0. The predicted octanol–water partition coefficient (Wildman–Crippen LogP) is 2.77. The molecule has 0 saturated heterocycles. The third kappa shape index (κ3) is 3.48. The molecular formula is C11H6F3NO3S. The Hall–Kier alpha value is -2.01. The number of rotatable bonds is 3. The molecule has 0 saturated carbocycles. The molecule has 1 aromatic rings. The Kier molecular flexibility index (Phi) is 4.56. The zero-order chi connectivity index (χ0) is 14.6. The number of alkyl halides is 3. The van der Waals surface area contributed by atoms with E-state index >= 15 is 0 Å². The molecular weight excluding hydrogens is 283 g/mol. The lowest BCUT2D eigenvalue weighted by molar-refractivity contribution is -0.0328. The van der Waals surface area contributed by atoms with Crippen LogP contribution in [0, 0.1) is 11.3 Å². The van der Waals surface area contributed by atoms with E-state index in [0.29, 0.717) is 0 Å². The van der Waals surface area contributed by atoms with Gasteiger partial charge in [0.1, 0.15) is 6.07 Å². The van der Waals surface area contributed by atoms with Gasteiger partial charge < -0.3 is 4.74 Å². The van der Waals surface area contributed by atoms with Gasteiger partial charge in [-0.3, -0.25) is 4.79 Å².